The third-order valence-electron chi connectivity index (χ3n) is 3.93. The Labute approximate surface area is 155 Å². The molecule has 2 rings (SSSR count). The topological polar surface area (TPSA) is 58.2 Å². The van der Waals surface area contributed by atoms with E-state index in [1.165, 1.54) is 19.9 Å². The van der Waals surface area contributed by atoms with Crippen molar-refractivity contribution in [2.24, 2.45) is 5.41 Å². The molecule has 2 N–H and O–H groups in total. The van der Waals surface area contributed by atoms with Crippen LogP contribution in [-0.4, -0.2) is 18.4 Å². The fourth-order valence-electron chi connectivity index (χ4n) is 2.16. The molecular formula is C19H19ClF2N2O2. The lowest BCUT2D eigenvalue weighted by molar-refractivity contribution is -0.138. The quantitative estimate of drug-likeness (QED) is 0.746. The van der Waals surface area contributed by atoms with Crippen LogP contribution in [0, 0.1) is 17.0 Å². The summed E-state index contributed by atoms with van der Waals surface area (Å²) in [6.45, 7) is 3.27. The van der Waals surface area contributed by atoms with Crippen molar-refractivity contribution < 1.29 is 18.4 Å². The van der Waals surface area contributed by atoms with Crippen molar-refractivity contribution >= 4 is 29.1 Å². The number of benzene rings is 2. The molecule has 2 aromatic rings. The van der Waals surface area contributed by atoms with Gasteiger partial charge in [-0.1, -0.05) is 23.7 Å². The lowest BCUT2D eigenvalue weighted by Gasteiger charge is -2.22. The minimum absolute atomic E-state index is 0.0796. The highest BCUT2D eigenvalue weighted by Gasteiger charge is 2.35. The van der Waals surface area contributed by atoms with Gasteiger partial charge in [-0.2, -0.15) is 0 Å². The molecule has 4 nitrogen and oxygen atoms in total. The summed E-state index contributed by atoms with van der Waals surface area (Å²) in [4.78, 5) is 24.7. The fraction of sp³-hybridized carbons (Fsp3) is 0.263. The minimum Gasteiger partial charge on any atom is -0.355 e. The van der Waals surface area contributed by atoms with Crippen LogP contribution in [0.25, 0.3) is 0 Å². The minimum atomic E-state index is -1.38. The number of carbonyl (C=O) groups excluding carboxylic acids is 2. The summed E-state index contributed by atoms with van der Waals surface area (Å²) in [6, 6.07) is 10.2. The number of anilines is 1. The van der Waals surface area contributed by atoms with Gasteiger partial charge >= 0.3 is 0 Å². The molecule has 0 heterocycles. The summed E-state index contributed by atoms with van der Waals surface area (Å²) < 4.78 is 26.2. The number of hydrogen-bond acceptors (Lipinski definition) is 2. The Hall–Kier alpha value is -2.47. The molecule has 2 amide bonds. The van der Waals surface area contributed by atoms with Gasteiger partial charge in [0, 0.05) is 23.3 Å². The van der Waals surface area contributed by atoms with Crippen LogP contribution in [0.1, 0.15) is 19.4 Å². The molecule has 0 radical (unpaired) electrons. The first-order valence-corrected chi connectivity index (χ1v) is 8.37. The zero-order chi connectivity index (χ0) is 19.3. The second-order valence-electron chi connectivity index (χ2n) is 6.34. The number of nitrogens with one attached hydrogen (secondary N) is 2. The molecule has 26 heavy (non-hydrogen) atoms. The van der Waals surface area contributed by atoms with Crippen LogP contribution >= 0.6 is 11.6 Å². The van der Waals surface area contributed by atoms with E-state index >= 15 is 0 Å². The van der Waals surface area contributed by atoms with Crippen molar-refractivity contribution in [3.8, 4) is 0 Å². The van der Waals surface area contributed by atoms with Gasteiger partial charge in [0.2, 0.25) is 11.8 Å². The van der Waals surface area contributed by atoms with Gasteiger partial charge in [-0.15, -0.1) is 0 Å². The third kappa shape index (κ3) is 5.02. The Kier molecular flexibility index (Phi) is 6.32. The largest absolute Gasteiger partial charge is 0.355 e. The van der Waals surface area contributed by atoms with Crippen molar-refractivity contribution in [1.29, 1.82) is 0 Å². The summed E-state index contributed by atoms with van der Waals surface area (Å²) in [5, 5.41) is 5.76. The van der Waals surface area contributed by atoms with E-state index in [4.69, 9.17) is 11.6 Å². The molecule has 0 unspecified atom stereocenters. The van der Waals surface area contributed by atoms with Crippen LogP contribution in [-0.2, 0) is 16.0 Å². The lowest BCUT2D eigenvalue weighted by Crippen LogP contribution is -2.45. The van der Waals surface area contributed by atoms with E-state index in [1.807, 2.05) is 12.1 Å². The summed E-state index contributed by atoms with van der Waals surface area (Å²) in [5.74, 6) is -3.17. The second-order valence-corrected chi connectivity index (χ2v) is 6.78. The molecule has 2 aromatic carbocycles. The van der Waals surface area contributed by atoms with E-state index in [1.54, 1.807) is 12.1 Å². The van der Waals surface area contributed by atoms with Crippen molar-refractivity contribution in [3.63, 3.8) is 0 Å². The molecular weight excluding hydrogens is 362 g/mol. The highest BCUT2D eigenvalue weighted by atomic mass is 35.5. The first-order valence-electron chi connectivity index (χ1n) is 7.99. The zero-order valence-electron chi connectivity index (χ0n) is 14.4. The van der Waals surface area contributed by atoms with Crippen molar-refractivity contribution in [3.05, 3.63) is 64.7 Å². The number of halogens is 3. The Morgan fingerprint density at radius 1 is 1.00 bits per heavy atom. The second kappa shape index (κ2) is 8.27. The molecule has 7 heteroatoms. The summed E-state index contributed by atoms with van der Waals surface area (Å²) >= 11 is 5.82. The molecule has 0 aromatic heterocycles. The van der Waals surface area contributed by atoms with E-state index in [0.29, 0.717) is 18.0 Å². The van der Waals surface area contributed by atoms with Gasteiger partial charge in [0.25, 0.3) is 0 Å². The maximum atomic E-state index is 13.2. The van der Waals surface area contributed by atoms with Gasteiger partial charge in [-0.25, -0.2) is 8.78 Å². The van der Waals surface area contributed by atoms with E-state index in [2.05, 4.69) is 10.6 Å². The number of carbonyl (C=O) groups is 2. The molecule has 0 atom stereocenters. The molecule has 0 saturated carbocycles. The van der Waals surface area contributed by atoms with Gasteiger partial charge in [0.1, 0.15) is 5.41 Å². The average Bonchev–Trinajstić information content (AvgIpc) is 2.59. The summed E-state index contributed by atoms with van der Waals surface area (Å²) in [7, 11) is 0. The van der Waals surface area contributed by atoms with E-state index in [-0.39, 0.29) is 5.69 Å². The van der Waals surface area contributed by atoms with Crippen LogP contribution in [0.3, 0.4) is 0 Å². The number of rotatable bonds is 6. The van der Waals surface area contributed by atoms with Gasteiger partial charge < -0.3 is 10.6 Å². The third-order valence-corrected chi connectivity index (χ3v) is 4.18. The predicted molar refractivity (Wildman–Crippen MR) is 96.9 cm³/mol. The van der Waals surface area contributed by atoms with Gasteiger partial charge in [-0.05, 0) is 50.1 Å². The Morgan fingerprint density at radius 2 is 1.65 bits per heavy atom. The Balaban J connectivity index is 1.91. The molecule has 0 saturated heterocycles. The van der Waals surface area contributed by atoms with Crippen LogP contribution in [0.2, 0.25) is 5.02 Å². The molecule has 0 aliphatic carbocycles. The van der Waals surface area contributed by atoms with Crippen molar-refractivity contribution in [2.45, 2.75) is 20.3 Å². The van der Waals surface area contributed by atoms with Crippen molar-refractivity contribution in [2.75, 3.05) is 11.9 Å². The molecule has 0 fully saturated rings. The summed E-state index contributed by atoms with van der Waals surface area (Å²) in [6.07, 6.45) is 0.587. The van der Waals surface area contributed by atoms with E-state index in [9.17, 15) is 18.4 Å². The van der Waals surface area contributed by atoms with E-state index < -0.39 is 28.9 Å². The first kappa shape index (κ1) is 19.8. The average molecular weight is 381 g/mol. The Bertz CT molecular complexity index is 808. The van der Waals surface area contributed by atoms with Crippen LogP contribution in [0.4, 0.5) is 14.5 Å². The highest BCUT2D eigenvalue weighted by Crippen LogP contribution is 2.20. The number of hydrogen-bond donors (Lipinski definition) is 2. The monoisotopic (exact) mass is 380 g/mol. The van der Waals surface area contributed by atoms with Crippen molar-refractivity contribution in [1.82, 2.24) is 5.32 Å². The number of amides is 2. The normalized spacial score (nSPS) is 11.1. The van der Waals surface area contributed by atoms with Crippen LogP contribution < -0.4 is 10.6 Å². The SMILES string of the molecule is CC(C)(C(=O)NCCc1ccc(Cl)cc1)C(=O)Nc1ccc(F)c(F)c1. The van der Waals surface area contributed by atoms with Gasteiger partial charge in [0.05, 0.1) is 0 Å². The molecule has 0 spiro atoms. The first-order chi connectivity index (χ1) is 12.2. The zero-order valence-corrected chi connectivity index (χ0v) is 15.2. The lowest BCUT2D eigenvalue weighted by atomic mass is 9.91. The Morgan fingerprint density at radius 3 is 2.27 bits per heavy atom. The smallest absolute Gasteiger partial charge is 0.239 e. The maximum absolute atomic E-state index is 13.2. The van der Waals surface area contributed by atoms with Gasteiger partial charge in [-0.3, -0.25) is 9.59 Å². The molecule has 0 bridgehead atoms. The predicted octanol–water partition coefficient (Wildman–Crippen LogP) is 3.94. The standard InChI is InChI=1S/C19H19ClF2N2O2/c1-19(2,18(26)24-14-7-8-15(21)16(22)11-14)17(25)23-10-9-12-3-5-13(20)6-4-12/h3-8,11H,9-10H2,1-2H3,(H,23,25)(H,24,26). The fourth-order valence-corrected chi connectivity index (χ4v) is 2.28. The molecule has 0 aliphatic heterocycles. The van der Waals surface area contributed by atoms with E-state index in [0.717, 1.165) is 17.7 Å². The van der Waals surface area contributed by atoms with Gasteiger partial charge in [0.15, 0.2) is 11.6 Å². The molecule has 138 valence electrons. The maximum Gasteiger partial charge on any atom is 0.239 e. The van der Waals surface area contributed by atoms with Crippen LogP contribution in [0.15, 0.2) is 42.5 Å². The summed E-state index contributed by atoms with van der Waals surface area (Å²) in [5.41, 5.74) is -0.306. The highest BCUT2D eigenvalue weighted by molar-refractivity contribution is 6.30. The molecule has 0 aliphatic rings. The van der Waals surface area contributed by atoms with Crippen LogP contribution in [0.5, 0.6) is 0 Å².